The van der Waals surface area contributed by atoms with Crippen LogP contribution < -0.4 is 10.1 Å². The predicted octanol–water partition coefficient (Wildman–Crippen LogP) is 3.43. The lowest BCUT2D eigenvalue weighted by Gasteiger charge is -2.11. The summed E-state index contributed by atoms with van der Waals surface area (Å²) in [5.74, 6) is -0.306. The van der Waals surface area contributed by atoms with Gasteiger partial charge in [0.1, 0.15) is 5.75 Å². The van der Waals surface area contributed by atoms with Crippen molar-refractivity contribution in [2.75, 3.05) is 6.61 Å². The fourth-order valence-electron chi connectivity index (χ4n) is 1.92. The summed E-state index contributed by atoms with van der Waals surface area (Å²) in [6.45, 7) is -1.25. The number of ether oxygens (including phenoxy) is 1. The van der Waals surface area contributed by atoms with E-state index in [2.05, 4.69) is 10.1 Å². The molecule has 0 spiro atoms. The summed E-state index contributed by atoms with van der Waals surface area (Å²) in [6, 6.07) is 14.2. The summed E-state index contributed by atoms with van der Waals surface area (Å²) in [6.07, 6.45) is -4.41. The molecule has 0 heterocycles. The Morgan fingerprint density at radius 3 is 2.62 bits per heavy atom. The second-order valence-corrected chi connectivity index (χ2v) is 4.93. The van der Waals surface area contributed by atoms with E-state index in [1.54, 1.807) is 30.3 Å². The molecular formula is C17H13F3N2O2. The maximum Gasteiger partial charge on any atom is 0.422 e. The average Bonchev–Trinajstić information content (AvgIpc) is 2.57. The van der Waals surface area contributed by atoms with Crippen molar-refractivity contribution in [2.24, 2.45) is 0 Å². The van der Waals surface area contributed by atoms with Gasteiger partial charge < -0.3 is 10.1 Å². The third-order valence-corrected chi connectivity index (χ3v) is 3.01. The fourth-order valence-corrected chi connectivity index (χ4v) is 1.92. The Kier molecular flexibility index (Phi) is 5.42. The highest BCUT2D eigenvalue weighted by Crippen LogP contribution is 2.19. The van der Waals surface area contributed by atoms with Crippen molar-refractivity contribution >= 4 is 5.91 Å². The Balaban J connectivity index is 1.96. The van der Waals surface area contributed by atoms with Gasteiger partial charge in [-0.1, -0.05) is 18.2 Å². The number of benzene rings is 2. The molecule has 0 aromatic heterocycles. The number of alkyl halides is 3. The smallest absolute Gasteiger partial charge is 0.422 e. The number of halogens is 3. The molecular weight excluding hydrogens is 321 g/mol. The van der Waals surface area contributed by atoms with E-state index >= 15 is 0 Å². The first-order chi connectivity index (χ1) is 11.4. The van der Waals surface area contributed by atoms with Crippen LogP contribution in [0.3, 0.4) is 0 Å². The summed E-state index contributed by atoms with van der Waals surface area (Å²) in [5, 5.41) is 11.5. The quantitative estimate of drug-likeness (QED) is 0.911. The standard InChI is InChI=1S/C17H13F3N2O2/c18-17(19,20)11-24-15-6-2-4-13(8-15)10-22-16(23)14-5-1-3-12(7-14)9-21/h1-8H,10-11H2,(H,22,23). The van der Waals surface area contributed by atoms with E-state index in [-0.39, 0.29) is 18.2 Å². The van der Waals surface area contributed by atoms with E-state index < -0.39 is 12.8 Å². The molecule has 2 aromatic carbocycles. The molecule has 24 heavy (non-hydrogen) atoms. The molecule has 124 valence electrons. The number of nitrogens with zero attached hydrogens (tertiary/aromatic N) is 1. The Bertz CT molecular complexity index is 767. The van der Waals surface area contributed by atoms with Gasteiger partial charge in [-0.15, -0.1) is 0 Å². The van der Waals surface area contributed by atoms with Crippen molar-refractivity contribution in [3.05, 3.63) is 65.2 Å². The average molecular weight is 334 g/mol. The van der Waals surface area contributed by atoms with E-state index in [0.717, 1.165) is 0 Å². The molecule has 0 aliphatic carbocycles. The number of amides is 1. The van der Waals surface area contributed by atoms with Gasteiger partial charge in [0.25, 0.3) is 5.91 Å². The predicted molar refractivity (Wildman–Crippen MR) is 80.3 cm³/mol. The van der Waals surface area contributed by atoms with Crippen LogP contribution in [-0.4, -0.2) is 18.7 Å². The Hall–Kier alpha value is -3.01. The Labute approximate surface area is 136 Å². The normalized spacial score (nSPS) is 10.8. The molecule has 0 radical (unpaired) electrons. The molecule has 4 nitrogen and oxygen atoms in total. The molecule has 0 unspecified atom stereocenters. The lowest BCUT2D eigenvalue weighted by atomic mass is 10.1. The molecule has 0 aliphatic heterocycles. The minimum atomic E-state index is -4.41. The van der Waals surface area contributed by atoms with Crippen LogP contribution in [0.4, 0.5) is 13.2 Å². The topological polar surface area (TPSA) is 62.1 Å². The van der Waals surface area contributed by atoms with Gasteiger partial charge in [-0.05, 0) is 35.9 Å². The maximum absolute atomic E-state index is 12.1. The van der Waals surface area contributed by atoms with Crippen LogP contribution in [-0.2, 0) is 6.54 Å². The number of nitriles is 1. The molecule has 1 N–H and O–H groups in total. The van der Waals surface area contributed by atoms with Gasteiger partial charge in [-0.2, -0.15) is 18.4 Å². The lowest BCUT2D eigenvalue weighted by Crippen LogP contribution is -2.23. The Morgan fingerprint density at radius 2 is 1.92 bits per heavy atom. The summed E-state index contributed by atoms with van der Waals surface area (Å²) >= 11 is 0. The van der Waals surface area contributed by atoms with Crippen LogP contribution in [0.1, 0.15) is 21.5 Å². The minimum absolute atomic E-state index is 0.0746. The van der Waals surface area contributed by atoms with Crippen molar-refractivity contribution in [1.29, 1.82) is 5.26 Å². The molecule has 0 aliphatic rings. The van der Waals surface area contributed by atoms with E-state index in [0.29, 0.717) is 16.7 Å². The number of carbonyl (C=O) groups excluding carboxylic acids is 1. The van der Waals surface area contributed by atoms with Crippen LogP contribution in [0.5, 0.6) is 5.75 Å². The third kappa shape index (κ3) is 5.32. The molecule has 0 atom stereocenters. The SMILES string of the molecule is N#Cc1cccc(C(=O)NCc2cccc(OCC(F)(F)F)c2)c1. The first-order valence-electron chi connectivity index (χ1n) is 6.94. The Morgan fingerprint density at radius 1 is 1.17 bits per heavy atom. The lowest BCUT2D eigenvalue weighted by molar-refractivity contribution is -0.153. The monoisotopic (exact) mass is 334 g/mol. The second kappa shape index (κ2) is 7.51. The number of carbonyl (C=O) groups is 1. The van der Waals surface area contributed by atoms with E-state index in [4.69, 9.17) is 5.26 Å². The van der Waals surface area contributed by atoms with Crippen molar-refractivity contribution in [1.82, 2.24) is 5.32 Å². The largest absolute Gasteiger partial charge is 0.484 e. The van der Waals surface area contributed by atoms with Gasteiger partial charge >= 0.3 is 6.18 Å². The molecule has 0 bridgehead atoms. The molecule has 7 heteroatoms. The van der Waals surface area contributed by atoms with Crippen LogP contribution in [0, 0.1) is 11.3 Å². The van der Waals surface area contributed by atoms with Crippen molar-refractivity contribution < 1.29 is 22.7 Å². The van der Waals surface area contributed by atoms with Gasteiger partial charge in [0.05, 0.1) is 11.6 Å². The number of rotatable bonds is 5. The van der Waals surface area contributed by atoms with Gasteiger partial charge in [0.15, 0.2) is 6.61 Å². The van der Waals surface area contributed by atoms with E-state index in [1.165, 1.54) is 18.2 Å². The molecule has 0 saturated carbocycles. The third-order valence-electron chi connectivity index (χ3n) is 3.01. The second-order valence-electron chi connectivity index (χ2n) is 4.93. The van der Waals surface area contributed by atoms with Crippen LogP contribution >= 0.6 is 0 Å². The van der Waals surface area contributed by atoms with Gasteiger partial charge in [0, 0.05) is 12.1 Å². The number of nitrogens with one attached hydrogen (secondary N) is 1. The number of hydrogen-bond acceptors (Lipinski definition) is 3. The summed E-state index contributed by atoms with van der Waals surface area (Å²) < 4.78 is 41.1. The minimum Gasteiger partial charge on any atom is -0.484 e. The van der Waals surface area contributed by atoms with E-state index in [9.17, 15) is 18.0 Å². The van der Waals surface area contributed by atoms with Gasteiger partial charge in [-0.25, -0.2) is 0 Å². The highest BCUT2D eigenvalue weighted by Gasteiger charge is 2.28. The summed E-state index contributed by atoms with van der Waals surface area (Å²) in [4.78, 5) is 12.0. The summed E-state index contributed by atoms with van der Waals surface area (Å²) in [5.41, 5.74) is 1.29. The zero-order valence-corrected chi connectivity index (χ0v) is 12.4. The van der Waals surface area contributed by atoms with Gasteiger partial charge in [-0.3, -0.25) is 4.79 Å². The highest BCUT2D eigenvalue weighted by atomic mass is 19.4. The first kappa shape index (κ1) is 17.3. The fraction of sp³-hybridized carbons (Fsp3) is 0.176. The van der Waals surface area contributed by atoms with Crippen LogP contribution in [0.25, 0.3) is 0 Å². The van der Waals surface area contributed by atoms with Crippen LogP contribution in [0.15, 0.2) is 48.5 Å². The number of hydrogen-bond donors (Lipinski definition) is 1. The summed E-state index contributed by atoms with van der Waals surface area (Å²) in [7, 11) is 0. The molecule has 1 amide bonds. The molecule has 0 saturated heterocycles. The van der Waals surface area contributed by atoms with Crippen molar-refractivity contribution in [2.45, 2.75) is 12.7 Å². The highest BCUT2D eigenvalue weighted by molar-refractivity contribution is 5.94. The van der Waals surface area contributed by atoms with Crippen LogP contribution in [0.2, 0.25) is 0 Å². The van der Waals surface area contributed by atoms with Crippen molar-refractivity contribution in [3.8, 4) is 11.8 Å². The molecule has 2 rings (SSSR count). The maximum atomic E-state index is 12.1. The van der Waals surface area contributed by atoms with E-state index in [1.807, 2.05) is 6.07 Å². The first-order valence-corrected chi connectivity index (χ1v) is 6.94. The molecule has 0 fully saturated rings. The van der Waals surface area contributed by atoms with Crippen molar-refractivity contribution in [3.63, 3.8) is 0 Å². The zero-order chi connectivity index (χ0) is 17.6. The molecule has 2 aromatic rings. The van der Waals surface area contributed by atoms with Gasteiger partial charge in [0.2, 0.25) is 0 Å². The zero-order valence-electron chi connectivity index (χ0n) is 12.4.